The fraction of sp³-hybridized carbons (Fsp3) is 0.500. The lowest BCUT2D eigenvalue weighted by molar-refractivity contribution is -0.146. The summed E-state index contributed by atoms with van der Waals surface area (Å²) in [6, 6.07) is 6.00. The van der Waals surface area contributed by atoms with Gasteiger partial charge in [-0.2, -0.15) is 0 Å². The van der Waals surface area contributed by atoms with Gasteiger partial charge in [0.05, 0.1) is 12.5 Å². The molecule has 1 aromatic rings. The van der Waals surface area contributed by atoms with Crippen LogP contribution in [0.5, 0.6) is 5.75 Å². The number of allylic oxidation sites excluding steroid dienone is 1. The number of benzene rings is 1. The topological polar surface area (TPSA) is 46.5 Å². The number of carboxylic acids is 1. The van der Waals surface area contributed by atoms with Crippen LogP contribution >= 0.6 is 0 Å². The Bertz CT molecular complexity index is 627. The number of fused-ring (bicyclic) bond motifs is 3. The highest BCUT2D eigenvalue weighted by atomic mass is 16.5. The van der Waals surface area contributed by atoms with Crippen molar-refractivity contribution >= 4 is 11.5 Å². The molecule has 0 bridgehead atoms. The van der Waals surface area contributed by atoms with Crippen LogP contribution in [0.4, 0.5) is 0 Å². The molecule has 0 unspecified atom stereocenters. The van der Waals surface area contributed by atoms with Crippen molar-refractivity contribution in [2.45, 2.75) is 39.5 Å². The summed E-state index contributed by atoms with van der Waals surface area (Å²) in [5.41, 5.74) is 2.67. The van der Waals surface area contributed by atoms with Gasteiger partial charge in [-0.15, -0.1) is 0 Å². The molecule has 0 spiro atoms. The molecule has 2 aliphatic rings. The van der Waals surface area contributed by atoms with Crippen molar-refractivity contribution in [3.63, 3.8) is 0 Å². The zero-order chi connectivity index (χ0) is 15.3. The van der Waals surface area contributed by atoms with E-state index in [2.05, 4.69) is 19.9 Å². The van der Waals surface area contributed by atoms with Gasteiger partial charge in [-0.1, -0.05) is 26.0 Å². The van der Waals surface area contributed by atoms with Crippen LogP contribution in [0, 0.1) is 10.8 Å². The smallest absolute Gasteiger partial charge is 0.314 e. The molecule has 21 heavy (non-hydrogen) atoms. The van der Waals surface area contributed by atoms with Crippen molar-refractivity contribution in [2.24, 2.45) is 10.8 Å². The number of aliphatic carboxylic acids is 1. The van der Waals surface area contributed by atoms with E-state index >= 15 is 0 Å². The molecule has 0 amide bonds. The lowest BCUT2D eigenvalue weighted by atomic mass is 9.59. The summed E-state index contributed by atoms with van der Waals surface area (Å²) in [6.45, 7) is 4.37. The summed E-state index contributed by atoms with van der Waals surface area (Å²) in [4.78, 5) is 12.0. The summed E-state index contributed by atoms with van der Waals surface area (Å²) in [7, 11) is 1.66. The Morgan fingerprint density at radius 2 is 2.00 bits per heavy atom. The molecule has 2 aliphatic carbocycles. The van der Waals surface area contributed by atoms with Crippen LogP contribution in [-0.2, 0) is 11.2 Å². The second-order valence-corrected chi connectivity index (χ2v) is 6.96. The molecule has 112 valence electrons. The van der Waals surface area contributed by atoms with Crippen molar-refractivity contribution in [3.05, 3.63) is 35.4 Å². The molecule has 1 atom stereocenters. The first-order chi connectivity index (χ1) is 9.88. The highest BCUT2D eigenvalue weighted by molar-refractivity contribution is 5.94. The van der Waals surface area contributed by atoms with Crippen molar-refractivity contribution in [2.75, 3.05) is 7.11 Å². The third-order valence-electron chi connectivity index (χ3n) is 5.08. The van der Waals surface area contributed by atoms with E-state index in [0.29, 0.717) is 6.42 Å². The van der Waals surface area contributed by atoms with Gasteiger partial charge in [-0.05, 0) is 59.9 Å². The number of carbonyl (C=O) groups is 1. The van der Waals surface area contributed by atoms with Crippen LogP contribution in [0.15, 0.2) is 24.3 Å². The molecule has 0 aromatic heterocycles. The normalized spacial score (nSPS) is 26.3. The third kappa shape index (κ3) is 2.15. The van der Waals surface area contributed by atoms with Crippen LogP contribution in [0.25, 0.3) is 5.57 Å². The van der Waals surface area contributed by atoms with Crippen LogP contribution in [0.1, 0.15) is 44.2 Å². The lowest BCUT2D eigenvalue weighted by Crippen LogP contribution is -2.40. The maximum absolute atomic E-state index is 12.0. The Hall–Kier alpha value is -1.77. The lowest BCUT2D eigenvalue weighted by Gasteiger charge is -2.44. The fourth-order valence-electron chi connectivity index (χ4n) is 3.71. The molecular weight excluding hydrogens is 264 g/mol. The summed E-state index contributed by atoms with van der Waals surface area (Å²) in [5.74, 6) is 0.165. The third-order valence-corrected chi connectivity index (χ3v) is 5.08. The molecule has 3 nitrogen and oxygen atoms in total. The molecule has 1 aromatic carbocycles. The minimum Gasteiger partial charge on any atom is -0.497 e. The maximum atomic E-state index is 12.0. The first-order valence-corrected chi connectivity index (χ1v) is 7.52. The second kappa shape index (κ2) is 4.62. The molecule has 1 N–H and O–H groups in total. The van der Waals surface area contributed by atoms with Gasteiger partial charge in [0.25, 0.3) is 0 Å². The highest BCUT2D eigenvalue weighted by Crippen LogP contribution is 2.54. The number of methoxy groups -OCH3 is 1. The predicted molar refractivity (Wildman–Crippen MR) is 82.4 cm³/mol. The summed E-state index contributed by atoms with van der Waals surface area (Å²) < 4.78 is 5.29. The second-order valence-electron chi connectivity index (χ2n) is 6.96. The average Bonchev–Trinajstić information content (AvgIpc) is 2.45. The van der Waals surface area contributed by atoms with Crippen LogP contribution in [-0.4, -0.2) is 18.2 Å². The van der Waals surface area contributed by atoms with Gasteiger partial charge in [0.1, 0.15) is 5.75 Å². The maximum Gasteiger partial charge on any atom is 0.314 e. The van der Waals surface area contributed by atoms with Gasteiger partial charge in [-0.25, -0.2) is 0 Å². The molecule has 0 saturated carbocycles. The average molecular weight is 286 g/mol. The molecular formula is C18H22O3. The first kappa shape index (κ1) is 14.2. The van der Waals surface area contributed by atoms with Gasteiger partial charge < -0.3 is 9.84 Å². The van der Waals surface area contributed by atoms with Crippen molar-refractivity contribution in [1.82, 2.24) is 0 Å². The number of hydrogen-bond donors (Lipinski definition) is 1. The van der Waals surface area contributed by atoms with Crippen molar-refractivity contribution in [1.29, 1.82) is 0 Å². The zero-order valence-corrected chi connectivity index (χ0v) is 12.9. The van der Waals surface area contributed by atoms with Gasteiger partial charge >= 0.3 is 5.97 Å². The molecule has 3 rings (SSSR count). The van der Waals surface area contributed by atoms with E-state index in [-0.39, 0.29) is 5.41 Å². The molecule has 0 aliphatic heterocycles. The van der Waals surface area contributed by atoms with Crippen molar-refractivity contribution in [3.8, 4) is 5.75 Å². The summed E-state index contributed by atoms with van der Waals surface area (Å²) in [5, 5.41) is 9.86. The Balaban J connectivity index is 2.19. The SMILES string of the molecule is COc1ccc2c(c1)CC[C@]1(C(=O)O)CCC(C)(C)C=C21. The first-order valence-electron chi connectivity index (χ1n) is 7.52. The monoisotopic (exact) mass is 286 g/mol. The number of carboxylic acid groups (broad SMARTS) is 1. The van der Waals surface area contributed by atoms with E-state index in [9.17, 15) is 9.90 Å². The van der Waals surface area contributed by atoms with Gasteiger partial charge in [0, 0.05) is 0 Å². The molecule has 0 saturated heterocycles. The minimum atomic E-state index is -0.697. The van der Waals surface area contributed by atoms with Crippen LogP contribution in [0.2, 0.25) is 0 Å². The Morgan fingerprint density at radius 3 is 2.67 bits per heavy atom. The van der Waals surface area contributed by atoms with E-state index in [1.54, 1.807) is 7.11 Å². The summed E-state index contributed by atoms with van der Waals surface area (Å²) >= 11 is 0. The number of rotatable bonds is 2. The quantitative estimate of drug-likeness (QED) is 0.896. The van der Waals surface area contributed by atoms with E-state index in [4.69, 9.17) is 4.74 Å². The number of ether oxygens (including phenoxy) is 1. The van der Waals surface area contributed by atoms with Gasteiger partial charge in [0.15, 0.2) is 0 Å². The summed E-state index contributed by atoms with van der Waals surface area (Å²) in [6.07, 6.45) is 5.33. The van der Waals surface area contributed by atoms with E-state index in [0.717, 1.165) is 36.1 Å². The highest BCUT2D eigenvalue weighted by Gasteiger charge is 2.48. The van der Waals surface area contributed by atoms with Gasteiger partial charge in [-0.3, -0.25) is 4.79 Å². The molecule has 0 heterocycles. The standard InChI is InChI=1S/C18H22O3/c1-17(2)8-9-18(16(19)20)7-6-12-10-13(21-3)4-5-14(12)15(18)11-17/h4-5,10-11H,6-9H2,1-3H3,(H,19,20)/t18-/m0/s1. The Labute approximate surface area is 125 Å². The largest absolute Gasteiger partial charge is 0.497 e. The van der Waals surface area contributed by atoms with Crippen LogP contribution in [0.3, 0.4) is 0 Å². The Morgan fingerprint density at radius 1 is 1.24 bits per heavy atom. The van der Waals surface area contributed by atoms with E-state index in [1.165, 1.54) is 5.56 Å². The molecule has 0 radical (unpaired) electrons. The molecule has 0 fully saturated rings. The number of hydrogen-bond acceptors (Lipinski definition) is 2. The fourth-order valence-corrected chi connectivity index (χ4v) is 3.71. The predicted octanol–water partition coefficient (Wildman–Crippen LogP) is 3.92. The minimum absolute atomic E-state index is 0.0584. The number of aryl methyl sites for hydroxylation is 1. The van der Waals surface area contributed by atoms with Crippen molar-refractivity contribution < 1.29 is 14.6 Å². The van der Waals surface area contributed by atoms with Crippen LogP contribution < -0.4 is 4.74 Å². The Kier molecular flexibility index (Phi) is 3.12. The van der Waals surface area contributed by atoms with E-state index in [1.807, 2.05) is 18.2 Å². The van der Waals surface area contributed by atoms with E-state index < -0.39 is 11.4 Å². The zero-order valence-electron chi connectivity index (χ0n) is 12.9. The van der Waals surface area contributed by atoms with Gasteiger partial charge in [0.2, 0.25) is 0 Å². The molecule has 3 heteroatoms.